The number of rotatable bonds is 7. The van der Waals surface area contributed by atoms with Crippen molar-refractivity contribution in [2.45, 2.75) is 31.6 Å². The highest BCUT2D eigenvalue weighted by atomic mass is 33.1. The number of carboxylic acid groups (broad SMARTS) is 1. The zero-order chi connectivity index (χ0) is 12.8. The van der Waals surface area contributed by atoms with Crippen LogP contribution in [-0.2, 0) is 9.59 Å². The minimum absolute atomic E-state index is 0.0629. The molecule has 1 amide bonds. The van der Waals surface area contributed by atoms with Gasteiger partial charge in [0.1, 0.15) is 6.04 Å². The van der Waals surface area contributed by atoms with E-state index in [0.717, 1.165) is 5.75 Å². The van der Waals surface area contributed by atoms with Crippen molar-refractivity contribution in [3.63, 3.8) is 0 Å². The first-order valence-electron chi connectivity index (χ1n) is 4.81. The van der Waals surface area contributed by atoms with E-state index in [9.17, 15) is 9.59 Å². The van der Waals surface area contributed by atoms with Gasteiger partial charge in [0.05, 0.1) is 0 Å². The van der Waals surface area contributed by atoms with E-state index in [1.54, 1.807) is 13.8 Å². The first-order chi connectivity index (χ1) is 7.27. The Bertz CT molecular complexity index is 259. The number of aliphatic carboxylic acids is 1. The fraction of sp³-hybridized carbons (Fsp3) is 0.778. The van der Waals surface area contributed by atoms with E-state index in [4.69, 9.17) is 10.8 Å². The molecular formula is C9H18N2O3S2. The van der Waals surface area contributed by atoms with Crippen LogP contribution in [0.1, 0.15) is 20.8 Å². The number of carboxylic acids is 1. The van der Waals surface area contributed by atoms with Crippen LogP contribution in [-0.4, -0.2) is 40.1 Å². The molecule has 0 aliphatic rings. The maximum absolute atomic E-state index is 10.7. The molecule has 94 valence electrons. The van der Waals surface area contributed by atoms with Gasteiger partial charge in [0.25, 0.3) is 0 Å². The third-order valence-electron chi connectivity index (χ3n) is 1.85. The second-order valence-corrected chi connectivity index (χ2v) is 6.88. The molecule has 0 saturated heterocycles. The van der Waals surface area contributed by atoms with Crippen LogP contribution in [0.5, 0.6) is 0 Å². The SMILES string of the molecule is CC(=O)NCCSSC(C)(C)C(N)C(=O)O. The number of hydrogen-bond donors (Lipinski definition) is 3. The van der Waals surface area contributed by atoms with Crippen molar-refractivity contribution in [3.8, 4) is 0 Å². The summed E-state index contributed by atoms with van der Waals surface area (Å²) in [7, 11) is 2.93. The fourth-order valence-corrected chi connectivity index (χ4v) is 3.31. The average molecular weight is 266 g/mol. The summed E-state index contributed by atoms with van der Waals surface area (Å²) in [6, 6.07) is -0.897. The lowest BCUT2D eigenvalue weighted by molar-refractivity contribution is -0.139. The molecule has 0 aliphatic heterocycles. The maximum Gasteiger partial charge on any atom is 0.321 e. The van der Waals surface area contributed by atoms with E-state index in [1.165, 1.54) is 28.5 Å². The van der Waals surface area contributed by atoms with Crippen molar-refractivity contribution in [1.29, 1.82) is 0 Å². The molecule has 0 bridgehead atoms. The largest absolute Gasteiger partial charge is 0.480 e. The summed E-state index contributed by atoms with van der Waals surface area (Å²) >= 11 is 0. The Kier molecular flexibility index (Phi) is 6.85. The number of hydrogen-bond acceptors (Lipinski definition) is 5. The Morgan fingerprint density at radius 3 is 2.50 bits per heavy atom. The summed E-state index contributed by atoms with van der Waals surface area (Å²) < 4.78 is -0.535. The molecule has 4 N–H and O–H groups in total. The van der Waals surface area contributed by atoms with Gasteiger partial charge in [0, 0.05) is 24.0 Å². The summed E-state index contributed by atoms with van der Waals surface area (Å²) in [5.74, 6) is -0.341. The van der Waals surface area contributed by atoms with Gasteiger partial charge >= 0.3 is 5.97 Å². The molecule has 1 atom stereocenters. The van der Waals surface area contributed by atoms with Gasteiger partial charge in [-0.25, -0.2) is 0 Å². The van der Waals surface area contributed by atoms with Crippen molar-refractivity contribution in [3.05, 3.63) is 0 Å². The predicted molar refractivity (Wildman–Crippen MR) is 68.4 cm³/mol. The standard InChI is InChI=1S/C9H18N2O3S2/c1-6(12)11-4-5-15-16-9(2,3)7(10)8(13)14/h7H,4-5,10H2,1-3H3,(H,11,12)(H,13,14). The van der Waals surface area contributed by atoms with Gasteiger partial charge in [0.15, 0.2) is 0 Å². The normalized spacial score (nSPS) is 13.2. The molecular weight excluding hydrogens is 248 g/mol. The van der Waals surface area contributed by atoms with Crippen LogP contribution in [0.4, 0.5) is 0 Å². The lowest BCUT2D eigenvalue weighted by Gasteiger charge is -2.27. The fourth-order valence-electron chi connectivity index (χ4n) is 0.811. The van der Waals surface area contributed by atoms with E-state index in [1.807, 2.05) is 0 Å². The number of carbonyl (C=O) groups is 2. The van der Waals surface area contributed by atoms with Gasteiger partial charge in [-0.15, -0.1) is 0 Å². The van der Waals surface area contributed by atoms with E-state index in [-0.39, 0.29) is 5.91 Å². The molecule has 0 aromatic rings. The van der Waals surface area contributed by atoms with Gasteiger partial charge in [-0.3, -0.25) is 9.59 Å². The number of amides is 1. The Hall–Kier alpha value is -0.400. The molecule has 0 spiro atoms. The van der Waals surface area contributed by atoms with Crippen LogP contribution in [0.3, 0.4) is 0 Å². The monoisotopic (exact) mass is 266 g/mol. The van der Waals surface area contributed by atoms with Crippen molar-refractivity contribution in [1.82, 2.24) is 5.32 Å². The highest BCUT2D eigenvalue weighted by Gasteiger charge is 2.32. The molecule has 16 heavy (non-hydrogen) atoms. The first kappa shape index (κ1) is 15.6. The highest BCUT2D eigenvalue weighted by molar-refractivity contribution is 8.77. The van der Waals surface area contributed by atoms with E-state index < -0.39 is 16.8 Å². The molecule has 0 aliphatic carbocycles. The van der Waals surface area contributed by atoms with Gasteiger partial charge in [-0.2, -0.15) is 0 Å². The van der Waals surface area contributed by atoms with E-state index >= 15 is 0 Å². The van der Waals surface area contributed by atoms with Crippen LogP contribution in [0, 0.1) is 0 Å². The molecule has 0 fully saturated rings. The molecule has 0 heterocycles. The molecule has 0 rings (SSSR count). The third kappa shape index (κ3) is 6.24. The maximum atomic E-state index is 10.7. The molecule has 0 aromatic carbocycles. The molecule has 1 unspecified atom stereocenters. The van der Waals surface area contributed by atoms with E-state index in [2.05, 4.69) is 5.32 Å². The quantitative estimate of drug-likeness (QED) is 0.464. The minimum Gasteiger partial charge on any atom is -0.480 e. The smallest absolute Gasteiger partial charge is 0.321 e. The lowest BCUT2D eigenvalue weighted by Crippen LogP contribution is -2.46. The Balaban J connectivity index is 3.82. The minimum atomic E-state index is -1.00. The molecule has 7 heteroatoms. The molecule has 0 saturated carbocycles. The molecule has 0 radical (unpaired) electrons. The van der Waals surface area contributed by atoms with Gasteiger partial charge in [0.2, 0.25) is 5.91 Å². The third-order valence-corrected chi connectivity index (χ3v) is 5.16. The summed E-state index contributed by atoms with van der Waals surface area (Å²) in [6.07, 6.45) is 0. The Morgan fingerprint density at radius 1 is 1.50 bits per heavy atom. The average Bonchev–Trinajstić information content (AvgIpc) is 2.15. The van der Waals surface area contributed by atoms with Crippen LogP contribution in [0.25, 0.3) is 0 Å². The summed E-state index contributed by atoms with van der Waals surface area (Å²) in [5, 5.41) is 11.5. The highest BCUT2D eigenvalue weighted by Crippen LogP contribution is 2.37. The second kappa shape index (κ2) is 7.03. The van der Waals surface area contributed by atoms with Gasteiger partial charge in [-0.1, -0.05) is 21.6 Å². The van der Waals surface area contributed by atoms with E-state index in [0.29, 0.717) is 6.54 Å². The van der Waals surface area contributed by atoms with Crippen molar-refractivity contribution < 1.29 is 14.7 Å². The Morgan fingerprint density at radius 2 is 2.06 bits per heavy atom. The second-order valence-electron chi connectivity index (χ2n) is 3.81. The number of carbonyl (C=O) groups excluding carboxylic acids is 1. The van der Waals surface area contributed by atoms with Crippen molar-refractivity contribution in [2.24, 2.45) is 5.73 Å². The van der Waals surface area contributed by atoms with Crippen LogP contribution < -0.4 is 11.1 Å². The van der Waals surface area contributed by atoms with Crippen molar-refractivity contribution in [2.75, 3.05) is 12.3 Å². The first-order valence-corrected chi connectivity index (χ1v) is 7.12. The Labute approximate surface area is 103 Å². The summed E-state index contributed by atoms with van der Waals surface area (Å²) in [6.45, 7) is 5.62. The number of nitrogens with two attached hydrogens (primary N) is 1. The summed E-state index contributed by atoms with van der Waals surface area (Å²) in [4.78, 5) is 21.3. The topological polar surface area (TPSA) is 92.4 Å². The zero-order valence-corrected chi connectivity index (χ0v) is 11.3. The molecule has 5 nitrogen and oxygen atoms in total. The van der Waals surface area contributed by atoms with Crippen LogP contribution in [0.2, 0.25) is 0 Å². The van der Waals surface area contributed by atoms with Gasteiger partial charge < -0.3 is 16.2 Å². The van der Waals surface area contributed by atoms with Crippen LogP contribution in [0.15, 0.2) is 0 Å². The van der Waals surface area contributed by atoms with Gasteiger partial charge in [-0.05, 0) is 13.8 Å². The predicted octanol–water partition coefficient (Wildman–Crippen LogP) is 0.694. The molecule has 0 aromatic heterocycles. The van der Waals surface area contributed by atoms with Crippen LogP contribution >= 0.6 is 21.6 Å². The zero-order valence-electron chi connectivity index (χ0n) is 9.65. The lowest BCUT2D eigenvalue weighted by atomic mass is 10.1. The number of nitrogens with one attached hydrogen (secondary N) is 1. The summed E-state index contributed by atoms with van der Waals surface area (Å²) in [5.41, 5.74) is 5.55. The van der Waals surface area contributed by atoms with Crippen molar-refractivity contribution >= 4 is 33.5 Å².